The van der Waals surface area contributed by atoms with Crippen molar-refractivity contribution in [3.05, 3.63) is 28.8 Å². The molecule has 0 heterocycles. The van der Waals surface area contributed by atoms with E-state index in [2.05, 4.69) is 0 Å². The van der Waals surface area contributed by atoms with E-state index in [1.54, 1.807) is 25.1 Å². The Morgan fingerprint density at radius 1 is 1.35 bits per heavy atom. The van der Waals surface area contributed by atoms with Crippen molar-refractivity contribution in [1.29, 1.82) is 0 Å². The second kappa shape index (κ2) is 7.75. The molecule has 1 aromatic carbocycles. The Morgan fingerprint density at radius 3 is 2.65 bits per heavy atom. The van der Waals surface area contributed by atoms with E-state index in [4.69, 9.17) is 21.1 Å². The molecule has 0 aliphatic heterocycles. The van der Waals surface area contributed by atoms with Crippen LogP contribution in [0.2, 0.25) is 5.02 Å². The monoisotopic (exact) mass is 299 g/mol. The van der Waals surface area contributed by atoms with Crippen molar-refractivity contribution in [3.63, 3.8) is 0 Å². The van der Waals surface area contributed by atoms with E-state index >= 15 is 0 Å². The normalized spacial score (nSPS) is 10.0. The van der Waals surface area contributed by atoms with Crippen molar-refractivity contribution in [1.82, 2.24) is 4.90 Å². The molecular weight excluding hydrogens is 282 g/mol. The summed E-state index contributed by atoms with van der Waals surface area (Å²) < 4.78 is 10.2. The van der Waals surface area contributed by atoms with Crippen LogP contribution in [-0.2, 0) is 14.3 Å². The number of nitrogens with zero attached hydrogens (tertiary/aromatic N) is 1. The van der Waals surface area contributed by atoms with E-state index in [-0.39, 0.29) is 19.1 Å². The molecule has 0 aromatic heterocycles. The van der Waals surface area contributed by atoms with Gasteiger partial charge in [-0.25, -0.2) is 0 Å². The lowest BCUT2D eigenvalue weighted by Crippen LogP contribution is -2.36. The number of aryl methyl sites for hydroxylation is 1. The van der Waals surface area contributed by atoms with Gasteiger partial charge in [0, 0.05) is 12.1 Å². The van der Waals surface area contributed by atoms with E-state index in [9.17, 15) is 9.59 Å². The Morgan fingerprint density at radius 2 is 2.05 bits per heavy atom. The van der Waals surface area contributed by atoms with E-state index in [0.29, 0.717) is 17.4 Å². The van der Waals surface area contributed by atoms with Crippen molar-refractivity contribution in [3.8, 4) is 5.75 Å². The third-order valence-corrected chi connectivity index (χ3v) is 2.82. The minimum atomic E-state index is -0.439. The molecule has 0 atom stereocenters. The molecule has 0 unspecified atom stereocenters. The van der Waals surface area contributed by atoms with Crippen LogP contribution in [0.15, 0.2) is 18.2 Å². The number of halogens is 1. The zero-order valence-electron chi connectivity index (χ0n) is 11.8. The fourth-order valence-corrected chi connectivity index (χ4v) is 1.74. The van der Waals surface area contributed by atoms with Crippen molar-refractivity contribution >= 4 is 23.5 Å². The molecule has 0 bridgehead atoms. The zero-order valence-corrected chi connectivity index (χ0v) is 12.6. The molecular formula is C14H18ClNO4. The van der Waals surface area contributed by atoms with Crippen LogP contribution in [-0.4, -0.2) is 43.6 Å². The van der Waals surface area contributed by atoms with Gasteiger partial charge in [0.25, 0.3) is 5.91 Å². The predicted molar refractivity (Wildman–Crippen MR) is 76.0 cm³/mol. The molecule has 0 aliphatic rings. The van der Waals surface area contributed by atoms with Crippen LogP contribution in [0, 0.1) is 6.92 Å². The fourth-order valence-electron chi connectivity index (χ4n) is 1.51. The average molecular weight is 300 g/mol. The second-order valence-corrected chi connectivity index (χ2v) is 4.69. The number of esters is 1. The first-order valence-electron chi connectivity index (χ1n) is 6.22. The molecule has 5 nitrogen and oxygen atoms in total. The maximum atomic E-state index is 11.8. The summed E-state index contributed by atoms with van der Waals surface area (Å²) in [4.78, 5) is 24.3. The summed E-state index contributed by atoms with van der Waals surface area (Å²) in [6.45, 7) is 3.62. The summed E-state index contributed by atoms with van der Waals surface area (Å²) in [5, 5.41) is 0.612. The summed E-state index contributed by atoms with van der Waals surface area (Å²) in [5.41, 5.74) is 0.846. The second-order valence-electron chi connectivity index (χ2n) is 4.25. The van der Waals surface area contributed by atoms with Crippen molar-refractivity contribution < 1.29 is 19.1 Å². The lowest BCUT2D eigenvalue weighted by atomic mass is 10.2. The van der Waals surface area contributed by atoms with E-state index < -0.39 is 5.97 Å². The molecule has 6 heteroatoms. The van der Waals surface area contributed by atoms with Gasteiger partial charge in [-0.05, 0) is 37.6 Å². The Labute approximate surface area is 123 Å². The minimum absolute atomic E-state index is 0.0877. The van der Waals surface area contributed by atoms with Gasteiger partial charge in [-0.3, -0.25) is 9.59 Å². The lowest BCUT2D eigenvalue weighted by molar-refractivity contribution is -0.148. The minimum Gasteiger partial charge on any atom is -0.483 e. The highest BCUT2D eigenvalue weighted by molar-refractivity contribution is 6.30. The van der Waals surface area contributed by atoms with Crippen LogP contribution in [0.4, 0.5) is 0 Å². The lowest BCUT2D eigenvalue weighted by Gasteiger charge is -2.17. The first-order chi connectivity index (χ1) is 9.43. The molecule has 0 saturated carbocycles. The number of benzene rings is 1. The van der Waals surface area contributed by atoms with Gasteiger partial charge >= 0.3 is 5.97 Å². The number of carbonyl (C=O) groups excluding carboxylic acids is 2. The maximum absolute atomic E-state index is 11.8. The Hall–Kier alpha value is -1.75. The summed E-state index contributed by atoms with van der Waals surface area (Å²) in [6.07, 6.45) is 0. The van der Waals surface area contributed by atoms with Gasteiger partial charge in [-0.2, -0.15) is 0 Å². The molecule has 20 heavy (non-hydrogen) atoms. The number of ether oxygens (including phenoxy) is 2. The van der Waals surface area contributed by atoms with Crippen LogP contribution in [0.5, 0.6) is 5.75 Å². The van der Waals surface area contributed by atoms with Gasteiger partial charge in [-0.1, -0.05) is 11.6 Å². The number of rotatable bonds is 6. The average Bonchev–Trinajstić information content (AvgIpc) is 2.37. The van der Waals surface area contributed by atoms with Gasteiger partial charge in [0.2, 0.25) is 0 Å². The standard InChI is InChI=1S/C14H18ClNO4/c1-4-19-14(18)8-16(3)13(17)9-20-12-6-5-11(15)7-10(12)2/h5-7H,4,8-9H2,1-3H3. The molecule has 0 saturated heterocycles. The topological polar surface area (TPSA) is 55.8 Å². The van der Waals surface area contributed by atoms with Crippen LogP contribution in [0.1, 0.15) is 12.5 Å². The van der Waals surface area contributed by atoms with Crippen LogP contribution < -0.4 is 4.74 Å². The molecule has 0 aliphatic carbocycles. The smallest absolute Gasteiger partial charge is 0.325 e. The van der Waals surface area contributed by atoms with Gasteiger partial charge in [-0.15, -0.1) is 0 Å². The number of likely N-dealkylation sites (N-methyl/N-ethyl adjacent to an activating group) is 1. The Kier molecular flexibility index (Phi) is 6.31. The quantitative estimate of drug-likeness (QED) is 0.754. The Balaban J connectivity index is 2.48. The fraction of sp³-hybridized carbons (Fsp3) is 0.429. The highest BCUT2D eigenvalue weighted by Crippen LogP contribution is 2.21. The number of carbonyl (C=O) groups is 2. The molecule has 0 spiro atoms. The number of hydrogen-bond donors (Lipinski definition) is 0. The van der Waals surface area contributed by atoms with E-state index in [1.165, 1.54) is 11.9 Å². The van der Waals surface area contributed by atoms with Crippen LogP contribution >= 0.6 is 11.6 Å². The summed E-state index contributed by atoms with van der Waals surface area (Å²) in [7, 11) is 1.53. The molecule has 0 fully saturated rings. The highest BCUT2D eigenvalue weighted by atomic mass is 35.5. The van der Waals surface area contributed by atoms with Crippen LogP contribution in [0.25, 0.3) is 0 Å². The summed E-state index contributed by atoms with van der Waals surface area (Å²) >= 11 is 5.83. The molecule has 0 N–H and O–H groups in total. The van der Waals surface area contributed by atoms with E-state index in [1.807, 2.05) is 6.92 Å². The first kappa shape index (κ1) is 16.3. The van der Waals surface area contributed by atoms with Gasteiger partial charge in [0.1, 0.15) is 12.3 Å². The maximum Gasteiger partial charge on any atom is 0.325 e. The summed E-state index contributed by atoms with van der Waals surface area (Å²) in [5.74, 6) is -0.147. The molecule has 1 aromatic rings. The molecule has 110 valence electrons. The number of hydrogen-bond acceptors (Lipinski definition) is 4. The van der Waals surface area contributed by atoms with Crippen LogP contribution in [0.3, 0.4) is 0 Å². The Bertz CT molecular complexity index is 490. The molecule has 1 rings (SSSR count). The first-order valence-corrected chi connectivity index (χ1v) is 6.60. The summed E-state index contributed by atoms with van der Waals surface area (Å²) in [6, 6.07) is 5.15. The molecule has 0 radical (unpaired) electrons. The van der Waals surface area contributed by atoms with Crippen molar-refractivity contribution in [2.75, 3.05) is 26.8 Å². The van der Waals surface area contributed by atoms with Gasteiger partial charge in [0.15, 0.2) is 6.61 Å². The van der Waals surface area contributed by atoms with Crippen molar-refractivity contribution in [2.24, 2.45) is 0 Å². The highest BCUT2D eigenvalue weighted by Gasteiger charge is 2.14. The third-order valence-electron chi connectivity index (χ3n) is 2.59. The van der Waals surface area contributed by atoms with Gasteiger partial charge < -0.3 is 14.4 Å². The van der Waals surface area contributed by atoms with Crippen molar-refractivity contribution in [2.45, 2.75) is 13.8 Å². The third kappa shape index (κ3) is 5.09. The SMILES string of the molecule is CCOC(=O)CN(C)C(=O)COc1ccc(Cl)cc1C. The zero-order chi connectivity index (χ0) is 15.1. The number of amides is 1. The molecule has 1 amide bonds. The predicted octanol–water partition coefficient (Wildman–Crippen LogP) is 2.05. The van der Waals surface area contributed by atoms with E-state index in [0.717, 1.165) is 5.56 Å². The largest absolute Gasteiger partial charge is 0.483 e. The van der Waals surface area contributed by atoms with Gasteiger partial charge in [0.05, 0.1) is 6.61 Å².